The Morgan fingerprint density at radius 3 is 2.92 bits per heavy atom. The number of rotatable bonds is 7. The molecule has 1 rings (SSSR count). The fourth-order valence-electron chi connectivity index (χ4n) is 1.09. The van der Waals surface area contributed by atoms with E-state index in [1.165, 1.54) is 12.8 Å². The fourth-order valence-corrected chi connectivity index (χ4v) is 1.09. The van der Waals surface area contributed by atoms with Gasteiger partial charge in [-0.3, -0.25) is 4.79 Å². The minimum absolute atomic E-state index is 0.181. The second-order valence-electron chi connectivity index (χ2n) is 3.37. The number of hydrogen-bond acceptors (Lipinski definition) is 3. The molecule has 0 radical (unpaired) electrons. The predicted molar refractivity (Wildman–Crippen MR) is 47.1 cm³/mol. The summed E-state index contributed by atoms with van der Waals surface area (Å²) in [6.45, 7) is 2.14. The summed E-state index contributed by atoms with van der Waals surface area (Å²) >= 11 is 0. The van der Waals surface area contributed by atoms with Crippen LogP contribution in [0.2, 0.25) is 0 Å². The zero-order chi connectivity index (χ0) is 8.81. The summed E-state index contributed by atoms with van der Waals surface area (Å²) in [4.78, 5) is 10.9. The second-order valence-corrected chi connectivity index (χ2v) is 3.37. The molecule has 1 N–H and O–H groups in total. The minimum Gasteiger partial charge on any atom is -0.377 e. The molecule has 0 spiro atoms. The van der Waals surface area contributed by atoms with E-state index in [1.54, 1.807) is 7.11 Å². The van der Waals surface area contributed by atoms with Crippen LogP contribution in [0.1, 0.15) is 19.3 Å². The zero-order valence-electron chi connectivity index (χ0n) is 7.64. The largest absolute Gasteiger partial charge is 0.377 e. The summed E-state index contributed by atoms with van der Waals surface area (Å²) in [5.41, 5.74) is 0. The molecule has 0 aromatic carbocycles. The Labute approximate surface area is 73.5 Å². The monoisotopic (exact) mass is 171 g/mol. The first-order valence-electron chi connectivity index (χ1n) is 4.54. The molecule has 0 aromatic rings. The highest BCUT2D eigenvalue weighted by Crippen LogP contribution is 2.27. The quantitative estimate of drug-likeness (QED) is 0.570. The zero-order valence-corrected chi connectivity index (χ0v) is 7.64. The topological polar surface area (TPSA) is 38.3 Å². The van der Waals surface area contributed by atoms with E-state index in [4.69, 9.17) is 4.74 Å². The van der Waals surface area contributed by atoms with Crippen LogP contribution in [0.3, 0.4) is 0 Å². The van der Waals surface area contributed by atoms with Crippen molar-refractivity contribution in [2.24, 2.45) is 5.92 Å². The van der Waals surface area contributed by atoms with Gasteiger partial charge in [-0.1, -0.05) is 0 Å². The first kappa shape index (κ1) is 9.68. The molecule has 0 aliphatic heterocycles. The number of carbonyl (C=O) groups is 1. The van der Waals surface area contributed by atoms with Crippen molar-refractivity contribution in [3.05, 3.63) is 0 Å². The van der Waals surface area contributed by atoms with Gasteiger partial charge in [-0.25, -0.2) is 0 Å². The van der Waals surface area contributed by atoms with Gasteiger partial charge < -0.3 is 10.1 Å². The SMILES string of the molecule is COCC(=O)CCNCC1CC1. The Morgan fingerprint density at radius 2 is 2.33 bits per heavy atom. The lowest BCUT2D eigenvalue weighted by atomic mass is 10.3. The summed E-state index contributed by atoms with van der Waals surface area (Å²) in [6.07, 6.45) is 3.32. The van der Waals surface area contributed by atoms with Crippen molar-refractivity contribution < 1.29 is 9.53 Å². The first-order chi connectivity index (χ1) is 5.83. The Kier molecular flexibility index (Phi) is 4.25. The molecule has 12 heavy (non-hydrogen) atoms. The molecule has 1 saturated carbocycles. The Balaban J connectivity index is 1.83. The van der Waals surface area contributed by atoms with Gasteiger partial charge in [0.25, 0.3) is 0 Å². The molecule has 70 valence electrons. The third-order valence-corrected chi connectivity index (χ3v) is 2.02. The lowest BCUT2D eigenvalue weighted by Crippen LogP contribution is -2.21. The van der Waals surface area contributed by atoms with Crippen molar-refractivity contribution in [2.45, 2.75) is 19.3 Å². The normalized spacial score (nSPS) is 16.4. The van der Waals surface area contributed by atoms with Gasteiger partial charge >= 0.3 is 0 Å². The van der Waals surface area contributed by atoms with E-state index in [-0.39, 0.29) is 12.4 Å². The number of nitrogens with one attached hydrogen (secondary N) is 1. The number of methoxy groups -OCH3 is 1. The lowest BCUT2D eigenvalue weighted by Gasteiger charge is -2.01. The van der Waals surface area contributed by atoms with Crippen LogP contribution in [0.5, 0.6) is 0 Å². The molecule has 0 amide bonds. The molecule has 1 aliphatic carbocycles. The molecule has 0 unspecified atom stereocenters. The van der Waals surface area contributed by atoms with E-state index in [1.807, 2.05) is 0 Å². The lowest BCUT2D eigenvalue weighted by molar-refractivity contribution is -0.122. The molecular formula is C9H17NO2. The van der Waals surface area contributed by atoms with E-state index in [9.17, 15) is 4.79 Å². The number of ether oxygens (including phenoxy) is 1. The maximum absolute atomic E-state index is 10.9. The van der Waals surface area contributed by atoms with Crippen molar-refractivity contribution in [1.29, 1.82) is 0 Å². The number of ketones is 1. The smallest absolute Gasteiger partial charge is 0.159 e. The highest BCUT2D eigenvalue weighted by atomic mass is 16.5. The van der Waals surface area contributed by atoms with Crippen LogP contribution >= 0.6 is 0 Å². The third kappa shape index (κ3) is 4.46. The van der Waals surface area contributed by atoms with Gasteiger partial charge in [0.1, 0.15) is 6.61 Å². The third-order valence-electron chi connectivity index (χ3n) is 2.02. The van der Waals surface area contributed by atoms with Gasteiger partial charge in [0.05, 0.1) is 0 Å². The summed E-state index contributed by atoms with van der Waals surface area (Å²) in [5, 5.41) is 3.26. The highest BCUT2D eigenvalue weighted by molar-refractivity contribution is 5.79. The standard InChI is InChI=1S/C9H17NO2/c1-12-7-9(11)4-5-10-6-8-2-3-8/h8,10H,2-7H2,1H3. The van der Waals surface area contributed by atoms with Crippen LogP contribution in [-0.2, 0) is 9.53 Å². The van der Waals surface area contributed by atoms with Gasteiger partial charge in [-0.15, -0.1) is 0 Å². The molecule has 0 saturated heterocycles. The first-order valence-corrected chi connectivity index (χ1v) is 4.54. The van der Waals surface area contributed by atoms with Crippen molar-refractivity contribution >= 4 is 5.78 Å². The van der Waals surface area contributed by atoms with Crippen LogP contribution in [0.15, 0.2) is 0 Å². The van der Waals surface area contributed by atoms with Crippen molar-refractivity contribution in [1.82, 2.24) is 5.32 Å². The van der Waals surface area contributed by atoms with Crippen LogP contribution in [0, 0.1) is 5.92 Å². The van der Waals surface area contributed by atoms with E-state index >= 15 is 0 Å². The molecule has 3 heteroatoms. The molecule has 0 heterocycles. The van der Waals surface area contributed by atoms with E-state index in [2.05, 4.69) is 5.32 Å². The van der Waals surface area contributed by atoms with Crippen LogP contribution in [-0.4, -0.2) is 32.6 Å². The van der Waals surface area contributed by atoms with Crippen LogP contribution in [0.4, 0.5) is 0 Å². The van der Waals surface area contributed by atoms with Crippen LogP contribution in [0.25, 0.3) is 0 Å². The number of Topliss-reactive ketones (excluding diaryl/α,β-unsaturated/α-hetero) is 1. The Bertz CT molecular complexity index is 143. The average molecular weight is 171 g/mol. The second kappa shape index (κ2) is 5.27. The van der Waals surface area contributed by atoms with Gasteiger partial charge in [0, 0.05) is 20.1 Å². The maximum atomic E-state index is 10.9. The van der Waals surface area contributed by atoms with Gasteiger partial charge in [-0.05, 0) is 25.3 Å². The van der Waals surface area contributed by atoms with Crippen molar-refractivity contribution in [3.8, 4) is 0 Å². The molecule has 0 aromatic heterocycles. The molecule has 3 nitrogen and oxygen atoms in total. The minimum atomic E-state index is 0.181. The molecule has 1 aliphatic rings. The van der Waals surface area contributed by atoms with E-state index in [0.717, 1.165) is 19.0 Å². The van der Waals surface area contributed by atoms with Crippen molar-refractivity contribution in [3.63, 3.8) is 0 Å². The molecule has 0 bridgehead atoms. The Hall–Kier alpha value is -0.410. The van der Waals surface area contributed by atoms with Gasteiger partial charge in [0.15, 0.2) is 5.78 Å². The van der Waals surface area contributed by atoms with Crippen molar-refractivity contribution in [2.75, 3.05) is 26.8 Å². The van der Waals surface area contributed by atoms with Gasteiger partial charge in [-0.2, -0.15) is 0 Å². The Morgan fingerprint density at radius 1 is 1.58 bits per heavy atom. The van der Waals surface area contributed by atoms with Gasteiger partial charge in [0.2, 0.25) is 0 Å². The number of carbonyl (C=O) groups excluding carboxylic acids is 1. The summed E-state index contributed by atoms with van der Waals surface area (Å²) in [6, 6.07) is 0. The summed E-state index contributed by atoms with van der Waals surface area (Å²) in [5.74, 6) is 1.07. The summed E-state index contributed by atoms with van der Waals surface area (Å²) in [7, 11) is 1.55. The van der Waals surface area contributed by atoms with Crippen LogP contribution < -0.4 is 5.32 Å². The number of hydrogen-bond donors (Lipinski definition) is 1. The predicted octanol–water partition coefficient (Wildman–Crippen LogP) is 0.592. The average Bonchev–Trinajstić information content (AvgIpc) is 2.82. The highest BCUT2D eigenvalue weighted by Gasteiger charge is 2.19. The summed E-state index contributed by atoms with van der Waals surface area (Å²) < 4.78 is 4.72. The van der Waals surface area contributed by atoms with E-state index < -0.39 is 0 Å². The fraction of sp³-hybridized carbons (Fsp3) is 0.889. The maximum Gasteiger partial charge on any atom is 0.159 e. The molecule has 1 fully saturated rings. The molecule has 0 atom stereocenters. The molecular weight excluding hydrogens is 154 g/mol. The van der Waals surface area contributed by atoms with E-state index in [0.29, 0.717) is 6.42 Å².